The summed E-state index contributed by atoms with van der Waals surface area (Å²) in [7, 11) is 0. The average Bonchev–Trinajstić information content (AvgIpc) is 3.17. The highest BCUT2D eigenvalue weighted by Crippen LogP contribution is 2.12. The zero-order chi connectivity index (χ0) is 48.4. The molecule has 26 nitrogen and oxygen atoms in total. The maximum absolute atomic E-state index is 13.9. The molecule has 6 amide bonds. The number of aliphatic carboxylic acids is 3. The first kappa shape index (κ1) is 56.7. The van der Waals surface area contributed by atoms with E-state index in [0.29, 0.717) is 0 Å². The molecule has 63 heavy (non-hydrogen) atoms. The van der Waals surface area contributed by atoms with Gasteiger partial charge in [-0.1, -0.05) is 27.7 Å². The summed E-state index contributed by atoms with van der Waals surface area (Å²) in [4.78, 5) is 122. The topological polar surface area (TPSA) is 462 Å². The Balaban J connectivity index is 6.35. The summed E-state index contributed by atoms with van der Waals surface area (Å²) in [5, 5.41) is 52.3. The monoisotopic (exact) mass is 901 g/mol. The number of rotatable bonds is 32. The molecule has 20 N–H and O–H groups in total. The lowest BCUT2D eigenvalue weighted by Crippen LogP contribution is -2.60. The second-order valence-electron chi connectivity index (χ2n) is 15.5. The molecule has 26 heteroatoms. The van der Waals surface area contributed by atoms with Crippen molar-refractivity contribution in [3.05, 3.63) is 0 Å². The quantitative estimate of drug-likeness (QED) is 0.0171. The van der Waals surface area contributed by atoms with Crippen molar-refractivity contribution in [2.24, 2.45) is 50.5 Å². The number of nitrogens with one attached hydrogen (secondary N) is 6. The lowest BCUT2D eigenvalue weighted by molar-refractivity contribution is -0.143. The summed E-state index contributed by atoms with van der Waals surface area (Å²) in [6.45, 7) is 6.07. The van der Waals surface area contributed by atoms with E-state index in [9.17, 15) is 53.4 Å². The van der Waals surface area contributed by atoms with Gasteiger partial charge in [0.15, 0.2) is 11.9 Å². The maximum atomic E-state index is 13.9. The number of carbonyl (C=O) groups excluding carboxylic acids is 6. The number of carboxylic acid groups (broad SMARTS) is 3. The second-order valence-corrected chi connectivity index (χ2v) is 15.5. The van der Waals surface area contributed by atoms with E-state index in [4.69, 9.17) is 38.9 Å². The summed E-state index contributed by atoms with van der Waals surface area (Å²) in [5.41, 5.74) is 27.3. The third-order valence-electron chi connectivity index (χ3n) is 8.92. The number of carboxylic acids is 3. The van der Waals surface area contributed by atoms with Gasteiger partial charge in [-0.25, -0.2) is 4.79 Å². The Kier molecular flexibility index (Phi) is 26.9. The third kappa shape index (κ3) is 25.3. The Labute approximate surface area is 364 Å². The number of hydrogen-bond donors (Lipinski definition) is 15. The van der Waals surface area contributed by atoms with Gasteiger partial charge in [0.05, 0.1) is 12.6 Å². The molecule has 358 valence electrons. The van der Waals surface area contributed by atoms with Crippen LogP contribution in [0.2, 0.25) is 0 Å². The largest absolute Gasteiger partial charge is 0.481 e. The van der Waals surface area contributed by atoms with Crippen molar-refractivity contribution in [1.29, 1.82) is 0 Å². The van der Waals surface area contributed by atoms with E-state index in [-0.39, 0.29) is 81.8 Å². The van der Waals surface area contributed by atoms with E-state index in [2.05, 4.69) is 41.9 Å². The Morgan fingerprint density at radius 3 is 1.17 bits per heavy atom. The maximum Gasteiger partial charge on any atom is 0.326 e. The molecule has 7 atom stereocenters. The molecule has 0 rings (SSSR count). The highest BCUT2D eigenvalue weighted by Gasteiger charge is 2.34. The Hall–Kier alpha value is -6.31. The third-order valence-corrected chi connectivity index (χ3v) is 8.92. The van der Waals surface area contributed by atoms with Crippen LogP contribution < -0.4 is 60.6 Å². The predicted octanol–water partition coefficient (Wildman–Crippen LogP) is -4.77. The van der Waals surface area contributed by atoms with Crippen LogP contribution in [-0.2, 0) is 43.2 Å². The van der Waals surface area contributed by atoms with Crippen molar-refractivity contribution in [2.45, 2.75) is 134 Å². The van der Waals surface area contributed by atoms with Crippen molar-refractivity contribution in [1.82, 2.24) is 31.9 Å². The standard InChI is InChI=1S/C37H67N13O13/c1-18(2)15-24(32(59)46-22(8-6-14-44-37(41)42)30(57)47-23(35(62)63)10-12-28(54)55)48-33(60)25(16-19(3)4)49-34(61)26(17-51)50-31(58)21(7-5-13-43-36(39)40)45-29(56)20(38)9-11-27(52)53/h18-26,51H,5-17,38H2,1-4H3,(H,45,56)(H,46,59)(H,47,57)(H,48,60)(H,49,61)(H,50,58)(H,52,53)(H,54,55)(H,62,63)(H4,39,40,43)(H4,41,42,44)/t20-,21-,22-,23-,24-,25-,26-/m0/s1. The van der Waals surface area contributed by atoms with Gasteiger partial charge >= 0.3 is 17.9 Å². The minimum Gasteiger partial charge on any atom is -0.481 e. The minimum atomic E-state index is -1.67. The molecule has 0 heterocycles. The molecule has 0 fully saturated rings. The van der Waals surface area contributed by atoms with Gasteiger partial charge in [-0.3, -0.25) is 48.3 Å². The molecule has 0 saturated carbocycles. The molecule has 0 aliphatic carbocycles. The van der Waals surface area contributed by atoms with Crippen LogP contribution >= 0.6 is 0 Å². The van der Waals surface area contributed by atoms with Gasteiger partial charge in [-0.2, -0.15) is 0 Å². The first-order chi connectivity index (χ1) is 29.4. The highest BCUT2D eigenvalue weighted by molar-refractivity contribution is 5.97. The van der Waals surface area contributed by atoms with Crippen LogP contribution in [-0.4, -0.2) is 148 Å². The van der Waals surface area contributed by atoms with Crippen molar-refractivity contribution in [2.75, 3.05) is 19.7 Å². The van der Waals surface area contributed by atoms with E-state index in [1.165, 1.54) is 0 Å². The lowest BCUT2D eigenvalue weighted by Gasteiger charge is -2.28. The summed E-state index contributed by atoms with van der Waals surface area (Å²) in [5.74, 6) is -10.4. The number of nitrogens with two attached hydrogens (primary N) is 5. The van der Waals surface area contributed by atoms with Gasteiger partial charge in [-0.15, -0.1) is 0 Å². The number of aliphatic hydroxyl groups is 1. The highest BCUT2D eigenvalue weighted by atomic mass is 16.4. The number of aliphatic imine (C=N–C) groups is 2. The fourth-order valence-corrected chi connectivity index (χ4v) is 5.72. The number of hydrogen-bond acceptors (Lipinski definition) is 13. The smallest absolute Gasteiger partial charge is 0.326 e. The van der Waals surface area contributed by atoms with Crippen molar-refractivity contribution in [3.63, 3.8) is 0 Å². The first-order valence-corrected chi connectivity index (χ1v) is 20.3. The number of nitrogens with zero attached hydrogens (tertiary/aromatic N) is 2. The van der Waals surface area contributed by atoms with Crippen LogP contribution in [0.1, 0.15) is 91.9 Å². The van der Waals surface area contributed by atoms with Gasteiger partial charge in [0.1, 0.15) is 36.3 Å². The molecule has 0 spiro atoms. The zero-order valence-electron chi connectivity index (χ0n) is 36.1. The Bertz CT molecular complexity index is 1620. The molecule has 0 unspecified atom stereocenters. The van der Waals surface area contributed by atoms with E-state index in [1.54, 1.807) is 27.7 Å². The predicted molar refractivity (Wildman–Crippen MR) is 227 cm³/mol. The normalized spacial score (nSPS) is 14.3. The molecular formula is C37H67N13O13. The van der Waals surface area contributed by atoms with Gasteiger partial charge in [0, 0.05) is 25.9 Å². The molecule has 0 aromatic carbocycles. The fourth-order valence-electron chi connectivity index (χ4n) is 5.72. The van der Waals surface area contributed by atoms with Gasteiger partial charge in [0.2, 0.25) is 35.4 Å². The van der Waals surface area contributed by atoms with Crippen molar-refractivity contribution in [3.8, 4) is 0 Å². The van der Waals surface area contributed by atoms with Gasteiger partial charge < -0.3 is 81.0 Å². The Morgan fingerprint density at radius 2 is 0.810 bits per heavy atom. The summed E-state index contributed by atoms with van der Waals surface area (Å²) >= 11 is 0. The summed E-state index contributed by atoms with van der Waals surface area (Å²) in [6.07, 6.45) is -1.60. The fraction of sp³-hybridized carbons (Fsp3) is 0.703. The minimum absolute atomic E-state index is 0.000132. The van der Waals surface area contributed by atoms with E-state index >= 15 is 0 Å². The van der Waals surface area contributed by atoms with Gasteiger partial charge in [-0.05, 0) is 63.2 Å². The van der Waals surface area contributed by atoms with Crippen LogP contribution in [0, 0.1) is 11.8 Å². The molecule has 0 radical (unpaired) electrons. The molecular weight excluding hydrogens is 834 g/mol. The van der Waals surface area contributed by atoms with Crippen molar-refractivity contribution < 1.29 is 63.6 Å². The van der Waals surface area contributed by atoms with E-state index in [1.807, 2.05) is 0 Å². The van der Waals surface area contributed by atoms with E-state index < -0.39 is 122 Å². The SMILES string of the molecule is CC(C)C[C@H](NC(=O)[C@H](CC(C)C)NC(=O)[C@H](CO)NC(=O)[C@H](CCCN=C(N)N)NC(=O)[C@@H](N)CCC(=O)O)C(=O)N[C@@H](CCCN=C(N)N)C(=O)N[C@@H](CCC(=O)O)C(=O)O. The molecule has 0 aromatic heterocycles. The first-order valence-electron chi connectivity index (χ1n) is 20.3. The van der Waals surface area contributed by atoms with Crippen LogP contribution in [0.15, 0.2) is 9.98 Å². The second kappa shape index (κ2) is 29.9. The number of carbonyl (C=O) groups is 9. The number of aliphatic hydroxyl groups excluding tert-OH is 1. The lowest BCUT2D eigenvalue weighted by atomic mass is 9.99. The number of guanidine groups is 2. The summed E-state index contributed by atoms with van der Waals surface area (Å²) in [6, 6.07) is -10.0. The van der Waals surface area contributed by atoms with Gasteiger partial charge in [0.25, 0.3) is 0 Å². The molecule has 0 aliphatic heterocycles. The van der Waals surface area contributed by atoms with Crippen molar-refractivity contribution >= 4 is 65.3 Å². The molecule has 0 bridgehead atoms. The van der Waals surface area contributed by atoms with Crippen LogP contribution in [0.4, 0.5) is 0 Å². The van der Waals surface area contributed by atoms with Crippen LogP contribution in [0.3, 0.4) is 0 Å². The van der Waals surface area contributed by atoms with Crippen LogP contribution in [0.25, 0.3) is 0 Å². The zero-order valence-corrected chi connectivity index (χ0v) is 36.1. The molecule has 0 aromatic rings. The van der Waals surface area contributed by atoms with Crippen LogP contribution in [0.5, 0.6) is 0 Å². The Morgan fingerprint density at radius 1 is 0.476 bits per heavy atom. The summed E-state index contributed by atoms with van der Waals surface area (Å²) < 4.78 is 0. The molecule has 0 saturated heterocycles. The van der Waals surface area contributed by atoms with E-state index in [0.717, 1.165) is 0 Å². The number of amides is 6. The molecule has 0 aliphatic rings. The average molecular weight is 902 g/mol.